The van der Waals surface area contributed by atoms with E-state index in [1.807, 2.05) is 13.8 Å². The molecule has 3 heteroatoms. The molecule has 0 aromatic rings. The van der Waals surface area contributed by atoms with E-state index in [4.69, 9.17) is 0 Å². The Morgan fingerprint density at radius 1 is 1.50 bits per heavy atom. The van der Waals surface area contributed by atoms with Crippen molar-refractivity contribution in [2.45, 2.75) is 19.9 Å². The van der Waals surface area contributed by atoms with E-state index in [2.05, 4.69) is 19.4 Å². The Bertz CT molecular complexity index is 50.8. The molecule has 0 aliphatic carbocycles. The van der Waals surface area contributed by atoms with Gasteiger partial charge in [0.05, 0.1) is 6.04 Å². The van der Waals surface area contributed by atoms with Crippen LogP contribution in [0.25, 0.3) is 0 Å². The van der Waals surface area contributed by atoms with Gasteiger partial charge >= 0.3 is 0 Å². The standard InChI is InChI=1S/C3H9N2P/c1-3(2)4-5-6/h3H,6H2,1-2H3. The summed E-state index contributed by atoms with van der Waals surface area (Å²) in [7, 11) is 2.18. The molecule has 0 aliphatic rings. The smallest absolute Gasteiger partial charge is 0.0655 e. The summed E-state index contributed by atoms with van der Waals surface area (Å²) >= 11 is 0. The van der Waals surface area contributed by atoms with Crippen LogP contribution in [0, 0.1) is 0 Å². The van der Waals surface area contributed by atoms with Crippen LogP contribution in [0.3, 0.4) is 0 Å². The van der Waals surface area contributed by atoms with Crippen molar-refractivity contribution in [1.29, 1.82) is 0 Å². The van der Waals surface area contributed by atoms with Crippen LogP contribution in [0.4, 0.5) is 0 Å². The van der Waals surface area contributed by atoms with E-state index in [0.29, 0.717) is 6.04 Å². The maximum atomic E-state index is 3.71. The lowest BCUT2D eigenvalue weighted by Gasteiger charge is -1.85. The molecule has 0 N–H and O–H groups in total. The highest BCUT2D eigenvalue weighted by Crippen LogP contribution is 1.90. The molecule has 0 aliphatic heterocycles. The molecule has 36 valence electrons. The first-order chi connectivity index (χ1) is 2.77. The predicted molar refractivity (Wildman–Crippen MR) is 29.7 cm³/mol. The number of hydrogen-bond acceptors (Lipinski definition) is 2. The summed E-state index contributed by atoms with van der Waals surface area (Å²) in [5.74, 6) is 0. The fourth-order valence-electron chi connectivity index (χ4n) is 0.133. The van der Waals surface area contributed by atoms with E-state index in [0.717, 1.165) is 0 Å². The van der Waals surface area contributed by atoms with E-state index < -0.39 is 0 Å². The summed E-state index contributed by atoms with van der Waals surface area (Å²) in [6.07, 6.45) is 0. The number of nitrogens with zero attached hydrogens (tertiary/aromatic N) is 2. The van der Waals surface area contributed by atoms with Crippen LogP contribution >= 0.6 is 9.39 Å². The van der Waals surface area contributed by atoms with Crippen molar-refractivity contribution >= 4 is 9.39 Å². The van der Waals surface area contributed by atoms with Crippen molar-refractivity contribution < 1.29 is 0 Å². The van der Waals surface area contributed by atoms with Crippen LogP contribution in [0.5, 0.6) is 0 Å². The minimum Gasteiger partial charge on any atom is -0.188 e. The lowest BCUT2D eigenvalue weighted by Crippen LogP contribution is -1.82. The average molecular weight is 104 g/mol. The second kappa shape index (κ2) is 3.23. The van der Waals surface area contributed by atoms with Crippen molar-refractivity contribution in [3.8, 4) is 0 Å². The van der Waals surface area contributed by atoms with Crippen molar-refractivity contribution in [1.82, 2.24) is 0 Å². The summed E-state index contributed by atoms with van der Waals surface area (Å²) < 4.78 is 0. The van der Waals surface area contributed by atoms with Crippen LogP contribution < -0.4 is 0 Å². The van der Waals surface area contributed by atoms with Crippen LogP contribution in [-0.2, 0) is 0 Å². The molecule has 0 radical (unpaired) electrons. The van der Waals surface area contributed by atoms with Gasteiger partial charge in [-0.25, -0.2) is 0 Å². The molecule has 0 saturated carbocycles. The third-order valence-electron chi connectivity index (χ3n) is 0.298. The minimum atomic E-state index is 0.336. The van der Waals surface area contributed by atoms with E-state index in [-0.39, 0.29) is 0 Å². The quantitative estimate of drug-likeness (QED) is 0.357. The molecule has 0 spiro atoms. The van der Waals surface area contributed by atoms with E-state index >= 15 is 0 Å². The molecular formula is C3H9N2P. The molecule has 6 heavy (non-hydrogen) atoms. The van der Waals surface area contributed by atoms with Gasteiger partial charge in [0.1, 0.15) is 0 Å². The van der Waals surface area contributed by atoms with Crippen molar-refractivity contribution in [3.63, 3.8) is 0 Å². The fraction of sp³-hybridized carbons (Fsp3) is 1.00. The Labute approximate surface area is 40.3 Å². The monoisotopic (exact) mass is 104 g/mol. The number of hydrogen-bond donors (Lipinski definition) is 0. The number of rotatable bonds is 1. The SMILES string of the molecule is CC(C)N=NP. The Balaban J connectivity index is 3.03. The second-order valence-electron chi connectivity index (χ2n) is 1.32. The van der Waals surface area contributed by atoms with Crippen molar-refractivity contribution in [3.05, 3.63) is 0 Å². The van der Waals surface area contributed by atoms with Crippen molar-refractivity contribution in [2.24, 2.45) is 10.00 Å². The molecule has 1 unspecified atom stereocenters. The zero-order chi connectivity index (χ0) is 4.99. The Morgan fingerprint density at radius 3 is 2.00 bits per heavy atom. The second-order valence-corrected chi connectivity index (χ2v) is 1.56. The molecule has 0 fully saturated rings. The van der Waals surface area contributed by atoms with Gasteiger partial charge in [0.2, 0.25) is 0 Å². The van der Waals surface area contributed by atoms with Gasteiger partial charge in [0.15, 0.2) is 0 Å². The highest BCUT2D eigenvalue weighted by atomic mass is 31.0. The third kappa shape index (κ3) is 4.03. The molecule has 0 bridgehead atoms. The van der Waals surface area contributed by atoms with E-state index in [1.54, 1.807) is 0 Å². The van der Waals surface area contributed by atoms with Gasteiger partial charge in [-0.3, -0.25) is 0 Å². The van der Waals surface area contributed by atoms with Gasteiger partial charge in [-0.2, -0.15) is 10.00 Å². The Morgan fingerprint density at radius 2 is 2.00 bits per heavy atom. The van der Waals surface area contributed by atoms with Crippen LogP contribution in [0.15, 0.2) is 10.00 Å². The van der Waals surface area contributed by atoms with Gasteiger partial charge in [0.25, 0.3) is 0 Å². The lowest BCUT2D eigenvalue weighted by atomic mass is 10.4. The zero-order valence-electron chi connectivity index (χ0n) is 4.05. The highest BCUT2D eigenvalue weighted by molar-refractivity contribution is 7.14. The minimum absolute atomic E-state index is 0.336. The Hall–Kier alpha value is 0.0300. The molecule has 1 atom stereocenters. The van der Waals surface area contributed by atoms with Crippen LogP contribution in [0.1, 0.15) is 13.8 Å². The molecule has 0 aromatic heterocycles. The van der Waals surface area contributed by atoms with Gasteiger partial charge in [-0.15, -0.1) is 0 Å². The lowest BCUT2D eigenvalue weighted by molar-refractivity contribution is 0.793. The molecule has 0 rings (SSSR count). The first-order valence-electron chi connectivity index (χ1n) is 1.87. The van der Waals surface area contributed by atoms with E-state index in [9.17, 15) is 0 Å². The summed E-state index contributed by atoms with van der Waals surface area (Å²) in [6, 6.07) is 0.336. The molecule has 0 amide bonds. The maximum absolute atomic E-state index is 3.71. The summed E-state index contributed by atoms with van der Waals surface area (Å²) in [5.41, 5.74) is 0. The fourth-order valence-corrected chi connectivity index (χ4v) is 0.400. The van der Waals surface area contributed by atoms with E-state index in [1.165, 1.54) is 0 Å². The van der Waals surface area contributed by atoms with Crippen molar-refractivity contribution in [2.75, 3.05) is 0 Å². The maximum Gasteiger partial charge on any atom is 0.0655 e. The van der Waals surface area contributed by atoms with Gasteiger partial charge in [-0.05, 0) is 13.8 Å². The average Bonchev–Trinajstić information content (AvgIpc) is 1.35. The normalized spacial score (nSPS) is 11.3. The van der Waals surface area contributed by atoms with Gasteiger partial charge < -0.3 is 0 Å². The Kier molecular flexibility index (Phi) is 3.24. The summed E-state index contributed by atoms with van der Waals surface area (Å²) in [5, 5.41) is 3.71. The molecular weight excluding hydrogens is 95.0 g/mol. The first kappa shape index (κ1) is 6.03. The van der Waals surface area contributed by atoms with Gasteiger partial charge in [0, 0.05) is 9.39 Å². The molecule has 0 saturated heterocycles. The first-order valence-corrected chi connectivity index (χ1v) is 2.39. The zero-order valence-corrected chi connectivity index (χ0v) is 5.20. The topological polar surface area (TPSA) is 24.7 Å². The molecule has 0 heterocycles. The summed E-state index contributed by atoms with van der Waals surface area (Å²) in [6.45, 7) is 3.96. The molecule has 0 aromatic carbocycles. The summed E-state index contributed by atoms with van der Waals surface area (Å²) in [4.78, 5) is 3.48. The third-order valence-corrected chi connectivity index (χ3v) is 0.431. The van der Waals surface area contributed by atoms with Crippen LogP contribution in [-0.4, -0.2) is 6.04 Å². The highest BCUT2D eigenvalue weighted by Gasteiger charge is 1.78. The van der Waals surface area contributed by atoms with Crippen LogP contribution in [0.2, 0.25) is 0 Å². The van der Waals surface area contributed by atoms with Gasteiger partial charge in [-0.1, -0.05) is 0 Å². The molecule has 2 nitrogen and oxygen atoms in total. The predicted octanol–water partition coefficient (Wildman–Crippen LogP) is 1.64. The largest absolute Gasteiger partial charge is 0.188 e.